The van der Waals surface area contributed by atoms with E-state index in [1.54, 1.807) is 0 Å². The maximum Gasteiger partial charge on any atom is 0.249 e. The fraction of sp³-hybridized carbons (Fsp3) is 0.300. The lowest BCUT2D eigenvalue weighted by molar-refractivity contribution is -0.133. The van der Waals surface area contributed by atoms with Gasteiger partial charge in [-0.15, -0.1) is 5.10 Å². The number of piperidine rings is 1. The summed E-state index contributed by atoms with van der Waals surface area (Å²) in [7, 11) is 0. The van der Waals surface area contributed by atoms with Gasteiger partial charge in [-0.25, -0.2) is 0 Å². The first-order valence-electron chi connectivity index (χ1n) is 5.02. The molecule has 1 aliphatic rings. The number of imide groups is 1. The summed E-state index contributed by atoms with van der Waals surface area (Å²) in [4.78, 5) is 22.4. The van der Waals surface area contributed by atoms with Crippen molar-refractivity contribution in [1.29, 1.82) is 5.26 Å². The van der Waals surface area contributed by atoms with Gasteiger partial charge in [-0.2, -0.15) is 10.4 Å². The summed E-state index contributed by atoms with van der Waals surface area (Å²) < 4.78 is 0. The summed E-state index contributed by atoms with van der Waals surface area (Å²) in [6.45, 7) is 0. The van der Waals surface area contributed by atoms with E-state index in [4.69, 9.17) is 5.26 Å². The monoisotopic (exact) mass is 231 g/mol. The molecule has 2 rings (SSSR count). The first-order chi connectivity index (χ1) is 8.20. The highest BCUT2D eigenvalue weighted by molar-refractivity contribution is 6.01. The molecule has 0 saturated carbocycles. The summed E-state index contributed by atoms with van der Waals surface area (Å²) in [5.41, 5.74) is 0.310. The Morgan fingerprint density at radius 1 is 1.53 bits per heavy atom. The van der Waals surface area contributed by atoms with Crippen molar-refractivity contribution in [3.05, 3.63) is 17.8 Å². The van der Waals surface area contributed by atoms with E-state index in [-0.39, 0.29) is 18.1 Å². The van der Waals surface area contributed by atoms with Crippen molar-refractivity contribution in [2.45, 2.75) is 18.9 Å². The minimum absolute atomic E-state index is 0.254. The van der Waals surface area contributed by atoms with Crippen LogP contribution >= 0.6 is 0 Å². The third-order valence-corrected chi connectivity index (χ3v) is 2.39. The predicted molar refractivity (Wildman–Crippen MR) is 56.5 cm³/mol. The Kier molecular flexibility index (Phi) is 2.96. The molecule has 86 valence electrons. The van der Waals surface area contributed by atoms with E-state index in [9.17, 15) is 9.59 Å². The van der Waals surface area contributed by atoms with E-state index < -0.39 is 11.9 Å². The topological polar surface area (TPSA) is 108 Å². The fourth-order valence-corrected chi connectivity index (χ4v) is 1.52. The summed E-state index contributed by atoms with van der Waals surface area (Å²) in [6.07, 6.45) is 2.05. The van der Waals surface area contributed by atoms with Crippen LogP contribution in [0.3, 0.4) is 0 Å². The van der Waals surface area contributed by atoms with Gasteiger partial charge in [0.15, 0.2) is 5.82 Å². The standard InChI is InChI=1S/C10H9N5O2/c11-5-6-3-4-12-15-9(6)13-7-1-2-8(16)14-10(7)17/h3-4,7H,1-2H2,(H,13,15)(H,14,16,17). The molecule has 7 nitrogen and oxygen atoms in total. The third kappa shape index (κ3) is 2.36. The number of aromatic nitrogens is 2. The lowest BCUT2D eigenvalue weighted by Gasteiger charge is -2.22. The van der Waals surface area contributed by atoms with Crippen molar-refractivity contribution >= 4 is 17.6 Å². The van der Waals surface area contributed by atoms with Crippen LogP contribution in [-0.4, -0.2) is 28.1 Å². The number of carbonyl (C=O) groups excluding carboxylic acids is 2. The zero-order valence-corrected chi connectivity index (χ0v) is 8.80. The number of hydrogen-bond acceptors (Lipinski definition) is 6. The number of nitrogens with one attached hydrogen (secondary N) is 2. The lowest BCUT2D eigenvalue weighted by atomic mass is 10.1. The van der Waals surface area contributed by atoms with E-state index in [0.717, 1.165) is 0 Å². The van der Waals surface area contributed by atoms with Crippen LogP contribution in [-0.2, 0) is 9.59 Å². The van der Waals surface area contributed by atoms with E-state index in [0.29, 0.717) is 12.0 Å². The molecule has 1 saturated heterocycles. The molecular weight excluding hydrogens is 222 g/mol. The van der Waals surface area contributed by atoms with Crippen molar-refractivity contribution in [3.8, 4) is 6.07 Å². The van der Waals surface area contributed by atoms with Gasteiger partial charge in [-0.05, 0) is 12.5 Å². The average Bonchev–Trinajstić information content (AvgIpc) is 2.33. The largest absolute Gasteiger partial charge is 0.356 e. The Labute approximate surface area is 96.8 Å². The summed E-state index contributed by atoms with van der Waals surface area (Å²) in [5, 5.41) is 21.3. The van der Waals surface area contributed by atoms with Gasteiger partial charge in [0.2, 0.25) is 11.8 Å². The molecule has 0 aromatic carbocycles. The summed E-state index contributed by atoms with van der Waals surface area (Å²) >= 11 is 0. The van der Waals surface area contributed by atoms with E-state index >= 15 is 0 Å². The first kappa shape index (κ1) is 11.0. The van der Waals surface area contributed by atoms with Crippen molar-refractivity contribution in [3.63, 3.8) is 0 Å². The normalized spacial score (nSPS) is 19.4. The van der Waals surface area contributed by atoms with Crippen LogP contribution in [0.4, 0.5) is 5.82 Å². The van der Waals surface area contributed by atoms with E-state index in [2.05, 4.69) is 20.8 Å². The zero-order chi connectivity index (χ0) is 12.3. The number of carbonyl (C=O) groups is 2. The predicted octanol–water partition coefficient (Wildman–Crippen LogP) is -0.435. The SMILES string of the molecule is N#Cc1ccnnc1NC1CCC(=O)NC1=O. The molecule has 2 N–H and O–H groups in total. The van der Waals surface area contributed by atoms with Crippen LogP contribution in [0.25, 0.3) is 0 Å². The van der Waals surface area contributed by atoms with Crippen LogP contribution in [0.15, 0.2) is 12.3 Å². The molecule has 1 fully saturated rings. The Hall–Kier alpha value is -2.49. The Balaban J connectivity index is 2.13. The smallest absolute Gasteiger partial charge is 0.249 e. The number of nitrogens with zero attached hydrogens (tertiary/aromatic N) is 3. The van der Waals surface area contributed by atoms with E-state index in [1.807, 2.05) is 6.07 Å². The molecule has 1 aromatic heterocycles. The Morgan fingerprint density at radius 3 is 3.06 bits per heavy atom. The highest BCUT2D eigenvalue weighted by atomic mass is 16.2. The van der Waals surface area contributed by atoms with Crippen molar-refractivity contribution in [1.82, 2.24) is 15.5 Å². The minimum atomic E-state index is -0.559. The third-order valence-electron chi connectivity index (χ3n) is 2.39. The molecular formula is C10H9N5O2. The van der Waals surface area contributed by atoms with Gasteiger partial charge >= 0.3 is 0 Å². The molecule has 2 amide bonds. The molecule has 0 radical (unpaired) electrons. The number of anilines is 1. The maximum absolute atomic E-state index is 11.5. The van der Waals surface area contributed by atoms with E-state index in [1.165, 1.54) is 12.3 Å². The van der Waals surface area contributed by atoms with Crippen molar-refractivity contribution < 1.29 is 9.59 Å². The lowest BCUT2D eigenvalue weighted by Crippen LogP contribution is -2.47. The molecule has 7 heteroatoms. The molecule has 17 heavy (non-hydrogen) atoms. The average molecular weight is 231 g/mol. The van der Waals surface area contributed by atoms with Crippen LogP contribution in [0, 0.1) is 11.3 Å². The van der Waals surface area contributed by atoms with Gasteiger partial charge in [0.05, 0.1) is 11.8 Å². The van der Waals surface area contributed by atoms with Crippen molar-refractivity contribution in [2.24, 2.45) is 0 Å². The van der Waals surface area contributed by atoms with Gasteiger partial charge in [-0.1, -0.05) is 0 Å². The molecule has 0 aliphatic carbocycles. The second-order valence-electron chi connectivity index (χ2n) is 3.55. The molecule has 2 heterocycles. The van der Waals surface area contributed by atoms with Crippen LogP contribution in [0.1, 0.15) is 18.4 Å². The molecule has 1 atom stereocenters. The Bertz CT molecular complexity index is 508. The number of nitriles is 1. The highest BCUT2D eigenvalue weighted by Crippen LogP contribution is 2.14. The van der Waals surface area contributed by atoms with Gasteiger partial charge in [0.25, 0.3) is 0 Å². The molecule has 1 aliphatic heterocycles. The number of rotatable bonds is 2. The van der Waals surface area contributed by atoms with Crippen LogP contribution in [0.5, 0.6) is 0 Å². The molecule has 0 bridgehead atoms. The minimum Gasteiger partial charge on any atom is -0.356 e. The maximum atomic E-state index is 11.5. The fourth-order valence-electron chi connectivity index (χ4n) is 1.52. The van der Waals surface area contributed by atoms with Gasteiger partial charge in [0.1, 0.15) is 12.1 Å². The number of amides is 2. The second kappa shape index (κ2) is 4.57. The summed E-state index contributed by atoms with van der Waals surface area (Å²) in [5.74, 6) is -0.437. The molecule has 1 unspecified atom stereocenters. The quantitative estimate of drug-likeness (QED) is 0.668. The molecule has 1 aromatic rings. The molecule has 0 spiro atoms. The van der Waals surface area contributed by atoms with Crippen LogP contribution in [0.2, 0.25) is 0 Å². The number of hydrogen-bond donors (Lipinski definition) is 2. The van der Waals surface area contributed by atoms with Crippen molar-refractivity contribution in [2.75, 3.05) is 5.32 Å². The van der Waals surface area contributed by atoms with Crippen LogP contribution < -0.4 is 10.6 Å². The first-order valence-corrected chi connectivity index (χ1v) is 5.02. The highest BCUT2D eigenvalue weighted by Gasteiger charge is 2.27. The second-order valence-corrected chi connectivity index (χ2v) is 3.55. The van der Waals surface area contributed by atoms with Gasteiger partial charge in [-0.3, -0.25) is 14.9 Å². The van der Waals surface area contributed by atoms with Gasteiger partial charge in [0, 0.05) is 6.42 Å². The zero-order valence-electron chi connectivity index (χ0n) is 8.80. The summed E-state index contributed by atoms with van der Waals surface area (Å²) in [6, 6.07) is 2.89. The van der Waals surface area contributed by atoms with Gasteiger partial charge < -0.3 is 5.32 Å². The Morgan fingerprint density at radius 2 is 2.35 bits per heavy atom.